The van der Waals surface area contributed by atoms with Gasteiger partial charge in [0.2, 0.25) is 0 Å². The zero-order valence-electron chi connectivity index (χ0n) is 7.76. The predicted molar refractivity (Wildman–Crippen MR) is 48.4 cm³/mol. The maximum absolute atomic E-state index is 13.2. The third-order valence-electron chi connectivity index (χ3n) is 2.33. The lowest BCUT2D eigenvalue weighted by molar-refractivity contribution is -0.0214. The normalized spacial score (nSPS) is 20.0. The van der Waals surface area contributed by atoms with Gasteiger partial charge in [0.25, 0.3) is 0 Å². The molecule has 0 spiro atoms. The molecule has 1 heterocycles. The average molecular weight is 199 g/mol. The number of fused-ring (bicyclic) bond motifs is 1. The van der Waals surface area contributed by atoms with E-state index in [1.54, 1.807) is 19.1 Å². The van der Waals surface area contributed by atoms with Gasteiger partial charge in [0, 0.05) is 11.6 Å². The SMILES string of the molecule is CC(N)c1cccc2c1OCC2(F)F. The molecule has 2 rings (SSSR count). The number of halogens is 2. The number of rotatable bonds is 1. The summed E-state index contributed by atoms with van der Waals surface area (Å²) in [6, 6.07) is 4.39. The fraction of sp³-hybridized carbons (Fsp3) is 0.400. The van der Waals surface area contributed by atoms with Crippen molar-refractivity contribution >= 4 is 0 Å². The van der Waals surface area contributed by atoms with E-state index >= 15 is 0 Å². The monoisotopic (exact) mass is 199 g/mol. The van der Waals surface area contributed by atoms with E-state index in [9.17, 15) is 8.78 Å². The first-order valence-electron chi connectivity index (χ1n) is 4.42. The van der Waals surface area contributed by atoms with Crippen LogP contribution in [0.1, 0.15) is 24.1 Å². The minimum atomic E-state index is -2.87. The van der Waals surface area contributed by atoms with Gasteiger partial charge in [-0.05, 0) is 13.0 Å². The highest BCUT2D eigenvalue weighted by Crippen LogP contribution is 2.44. The first kappa shape index (κ1) is 9.40. The second-order valence-electron chi connectivity index (χ2n) is 3.51. The molecule has 1 aliphatic heterocycles. The van der Waals surface area contributed by atoms with Crippen molar-refractivity contribution in [2.24, 2.45) is 5.73 Å². The summed E-state index contributed by atoms with van der Waals surface area (Å²) in [6.45, 7) is 1.17. The van der Waals surface area contributed by atoms with Gasteiger partial charge in [-0.3, -0.25) is 0 Å². The Morgan fingerprint density at radius 2 is 2.21 bits per heavy atom. The van der Waals surface area contributed by atoms with E-state index in [2.05, 4.69) is 0 Å². The van der Waals surface area contributed by atoms with Crippen molar-refractivity contribution < 1.29 is 13.5 Å². The molecule has 4 heteroatoms. The van der Waals surface area contributed by atoms with E-state index in [4.69, 9.17) is 10.5 Å². The van der Waals surface area contributed by atoms with Crippen molar-refractivity contribution in [2.75, 3.05) is 6.61 Å². The molecule has 1 aromatic rings. The second-order valence-corrected chi connectivity index (χ2v) is 3.51. The second kappa shape index (κ2) is 2.92. The van der Waals surface area contributed by atoms with Gasteiger partial charge in [-0.25, -0.2) is 0 Å². The molecule has 0 fully saturated rings. The molecule has 2 nitrogen and oxygen atoms in total. The van der Waals surface area contributed by atoms with E-state index in [-0.39, 0.29) is 17.4 Å². The molecule has 1 aliphatic rings. The molecule has 0 radical (unpaired) electrons. The Morgan fingerprint density at radius 3 is 2.86 bits per heavy atom. The van der Waals surface area contributed by atoms with Gasteiger partial charge in [0.15, 0.2) is 6.61 Å². The van der Waals surface area contributed by atoms with E-state index in [1.807, 2.05) is 0 Å². The molecule has 1 unspecified atom stereocenters. The summed E-state index contributed by atoms with van der Waals surface area (Å²) in [5, 5.41) is 0. The minimum absolute atomic E-state index is 0.0488. The van der Waals surface area contributed by atoms with E-state index in [0.29, 0.717) is 5.56 Å². The van der Waals surface area contributed by atoms with Crippen LogP contribution in [0.25, 0.3) is 0 Å². The van der Waals surface area contributed by atoms with Crippen molar-refractivity contribution in [1.82, 2.24) is 0 Å². The predicted octanol–water partition coefficient (Wildman–Crippen LogP) is 2.19. The van der Waals surface area contributed by atoms with Crippen molar-refractivity contribution in [2.45, 2.75) is 18.9 Å². The molecule has 1 atom stereocenters. The first-order chi connectivity index (χ1) is 6.52. The molecule has 0 aromatic heterocycles. The Hall–Kier alpha value is -1.16. The molecule has 0 saturated carbocycles. The van der Waals surface area contributed by atoms with Gasteiger partial charge in [-0.15, -0.1) is 0 Å². The zero-order chi connectivity index (χ0) is 10.3. The van der Waals surface area contributed by atoms with Crippen LogP contribution in [0.4, 0.5) is 8.78 Å². The molecular weight excluding hydrogens is 188 g/mol. The summed E-state index contributed by atoms with van der Waals surface area (Å²) >= 11 is 0. The number of hydrogen-bond acceptors (Lipinski definition) is 2. The molecule has 0 amide bonds. The summed E-state index contributed by atoms with van der Waals surface area (Å²) in [4.78, 5) is 0. The van der Waals surface area contributed by atoms with Crippen LogP contribution in [0.3, 0.4) is 0 Å². The highest BCUT2D eigenvalue weighted by atomic mass is 19.3. The smallest absolute Gasteiger partial charge is 0.310 e. The number of benzene rings is 1. The van der Waals surface area contributed by atoms with E-state index < -0.39 is 12.5 Å². The van der Waals surface area contributed by atoms with Gasteiger partial charge in [0.05, 0.1) is 5.56 Å². The molecular formula is C10H11F2NO. The van der Waals surface area contributed by atoms with Gasteiger partial charge in [0.1, 0.15) is 5.75 Å². The molecule has 0 aliphatic carbocycles. The maximum Gasteiger partial charge on any atom is 0.310 e. The van der Waals surface area contributed by atoms with Gasteiger partial charge >= 0.3 is 5.92 Å². The van der Waals surface area contributed by atoms with Crippen LogP contribution < -0.4 is 10.5 Å². The number of nitrogens with two attached hydrogens (primary N) is 1. The number of ether oxygens (including phenoxy) is 1. The van der Waals surface area contributed by atoms with Crippen LogP contribution in [0.5, 0.6) is 5.75 Å². The van der Waals surface area contributed by atoms with Gasteiger partial charge < -0.3 is 10.5 Å². The molecule has 2 N–H and O–H groups in total. The Balaban J connectivity index is 2.56. The lowest BCUT2D eigenvalue weighted by Gasteiger charge is -2.10. The van der Waals surface area contributed by atoms with Crippen molar-refractivity contribution in [3.63, 3.8) is 0 Å². The van der Waals surface area contributed by atoms with Crippen LogP contribution in [-0.2, 0) is 5.92 Å². The van der Waals surface area contributed by atoms with Gasteiger partial charge in [-0.1, -0.05) is 12.1 Å². The fourth-order valence-electron chi connectivity index (χ4n) is 1.60. The highest BCUT2D eigenvalue weighted by Gasteiger charge is 2.42. The maximum atomic E-state index is 13.2. The Morgan fingerprint density at radius 1 is 1.50 bits per heavy atom. The summed E-state index contributed by atoms with van der Waals surface area (Å²) in [6.07, 6.45) is 0. The van der Waals surface area contributed by atoms with Crippen LogP contribution in [0.2, 0.25) is 0 Å². The Kier molecular flexibility index (Phi) is 1.96. The molecule has 14 heavy (non-hydrogen) atoms. The first-order valence-corrected chi connectivity index (χ1v) is 4.42. The van der Waals surface area contributed by atoms with Gasteiger partial charge in [-0.2, -0.15) is 8.78 Å². The number of alkyl halides is 2. The van der Waals surface area contributed by atoms with E-state index in [1.165, 1.54) is 6.07 Å². The molecule has 0 bridgehead atoms. The summed E-state index contributed by atoms with van der Waals surface area (Å²) in [5.41, 5.74) is 6.24. The quantitative estimate of drug-likeness (QED) is 0.752. The standard InChI is InChI=1S/C10H11F2NO/c1-6(13)7-3-2-4-8-9(7)14-5-10(8,11)12/h2-4,6H,5,13H2,1H3. The highest BCUT2D eigenvalue weighted by molar-refractivity contribution is 5.47. The van der Waals surface area contributed by atoms with Crippen molar-refractivity contribution in [3.05, 3.63) is 29.3 Å². The van der Waals surface area contributed by atoms with Crippen molar-refractivity contribution in [3.8, 4) is 5.75 Å². The van der Waals surface area contributed by atoms with Crippen LogP contribution in [0, 0.1) is 0 Å². The lowest BCUT2D eigenvalue weighted by atomic mass is 10.0. The molecule has 76 valence electrons. The van der Waals surface area contributed by atoms with E-state index in [0.717, 1.165) is 0 Å². The van der Waals surface area contributed by atoms with Crippen molar-refractivity contribution in [1.29, 1.82) is 0 Å². The molecule has 0 saturated heterocycles. The number of hydrogen-bond donors (Lipinski definition) is 1. The minimum Gasteiger partial charge on any atom is -0.486 e. The summed E-state index contributed by atoms with van der Waals surface area (Å²) in [5.74, 6) is -2.62. The lowest BCUT2D eigenvalue weighted by Crippen LogP contribution is -2.14. The summed E-state index contributed by atoms with van der Waals surface area (Å²) < 4.78 is 31.4. The summed E-state index contributed by atoms with van der Waals surface area (Å²) in [7, 11) is 0. The topological polar surface area (TPSA) is 35.2 Å². The third kappa shape index (κ3) is 1.26. The Labute approximate surface area is 80.7 Å². The zero-order valence-corrected chi connectivity index (χ0v) is 7.76. The largest absolute Gasteiger partial charge is 0.486 e. The third-order valence-corrected chi connectivity index (χ3v) is 2.33. The van der Waals surface area contributed by atoms with Crippen LogP contribution in [0.15, 0.2) is 18.2 Å². The van der Waals surface area contributed by atoms with Crippen LogP contribution >= 0.6 is 0 Å². The Bertz CT molecular complexity index is 363. The number of para-hydroxylation sites is 1. The van der Waals surface area contributed by atoms with Crippen LogP contribution in [-0.4, -0.2) is 6.61 Å². The average Bonchev–Trinajstić information content (AvgIpc) is 2.42. The fourth-order valence-corrected chi connectivity index (χ4v) is 1.60. The molecule has 1 aromatic carbocycles.